The number of carbonyl (C=O) groups is 1. The van der Waals surface area contributed by atoms with Gasteiger partial charge in [0.25, 0.3) is 5.91 Å². The molecule has 0 bridgehead atoms. The summed E-state index contributed by atoms with van der Waals surface area (Å²) < 4.78 is 39.4. The summed E-state index contributed by atoms with van der Waals surface area (Å²) in [6.07, 6.45) is 0. The third kappa shape index (κ3) is 4.29. The second-order valence-electron chi connectivity index (χ2n) is 7.12. The second-order valence-corrected chi connectivity index (χ2v) is 7.97. The molecule has 0 atom stereocenters. The van der Waals surface area contributed by atoms with Crippen LogP contribution in [0.1, 0.15) is 21.7 Å². The van der Waals surface area contributed by atoms with E-state index in [4.69, 9.17) is 9.47 Å². The number of hydrogen-bond donors (Lipinski definition) is 1. The first-order valence-electron chi connectivity index (χ1n) is 9.83. The van der Waals surface area contributed by atoms with E-state index in [-0.39, 0.29) is 5.69 Å². The Hall–Kier alpha value is -3.79. The van der Waals surface area contributed by atoms with Gasteiger partial charge >= 0.3 is 0 Å². The highest BCUT2D eigenvalue weighted by atomic mass is 32.1. The van der Waals surface area contributed by atoms with E-state index in [1.165, 1.54) is 22.1 Å². The molecule has 7 nitrogen and oxygen atoms in total. The number of carbonyl (C=O) groups excluding carboxylic acids is 1. The molecule has 2 heterocycles. The van der Waals surface area contributed by atoms with Gasteiger partial charge in [0.1, 0.15) is 11.5 Å². The van der Waals surface area contributed by atoms with Gasteiger partial charge < -0.3 is 9.47 Å². The lowest BCUT2D eigenvalue weighted by molar-refractivity contribution is 0.102. The number of ether oxygens (including phenoxy) is 2. The Morgan fingerprint density at radius 1 is 1.06 bits per heavy atom. The fourth-order valence-corrected chi connectivity index (χ4v) is 4.19. The number of anilines is 1. The molecule has 170 valence electrons. The Morgan fingerprint density at radius 2 is 1.82 bits per heavy atom. The highest BCUT2D eigenvalue weighted by Gasteiger charge is 2.22. The molecule has 0 aliphatic heterocycles. The zero-order valence-corrected chi connectivity index (χ0v) is 19.1. The number of methoxy groups -OCH3 is 2. The maximum absolute atomic E-state index is 14.2. The van der Waals surface area contributed by atoms with Crippen LogP contribution < -0.4 is 14.8 Å². The van der Waals surface area contributed by atoms with Crippen LogP contribution in [0.25, 0.3) is 16.9 Å². The number of thiazole rings is 1. The van der Waals surface area contributed by atoms with Gasteiger partial charge in [-0.25, -0.2) is 18.4 Å². The molecule has 1 amide bonds. The van der Waals surface area contributed by atoms with Gasteiger partial charge in [-0.2, -0.15) is 5.10 Å². The number of amides is 1. The SMILES string of the molecule is COc1ccc(-c2csc(NC(=O)c3c(C)nn(-c4ccc(F)cc4F)c3C)n2)cc1OC. The van der Waals surface area contributed by atoms with Crippen molar-refractivity contribution in [1.29, 1.82) is 0 Å². The number of hydrogen-bond acceptors (Lipinski definition) is 6. The number of benzene rings is 2. The van der Waals surface area contributed by atoms with Crippen molar-refractivity contribution >= 4 is 22.4 Å². The van der Waals surface area contributed by atoms with E-state index in [9.17, 15) is 13.6 Å². The fourth-order valence-electron chi connectivity index (χ4n) is 3.48. The largest absolute Gasteiger partial charge is 0.493 e. The molecular formula is C23H20F2N4O3S. The molecule has 0 saturated carbocycles. The molecule has 0 aliphatic carbocycles. The van der Waals surface area contributed by atoms with Gasteiger partial charge in [0.15, 0.2) is 22.4 Å². The number of rotatable bonds is 6. The molecular weight excluding hydrogens is 450 g/mol. The average molecular weight is 471 g/mol. The summed E-state index contributed by atoms with van der Waals surface area (Å²) in [6.45, 7) is 3.30. The highest BCUT2D eigenvalue weighted by Crippen LogP contribution is 2.33. The molecule has 4 rings (SSSR count). The maximum Gasteiger partial charge on any atom is 0.261 e. The normalized spacial score (nSPS) is 10.8. The van der Waals surface area contributed by atoms with Crippen LogP contribution in [0.5, 0.6) is 11.5 Å². The van der Waals surface area contributed by atoms with Gasteiger partial charge in [0.2, 0.25) is 0 Å². The smallest absolute Gasteiger partial charge is 0.261 e. The summed E-state index contributed by atoms with van der Waals surface area (Å²) in [5, 5.41) is 9.25. The maximum atomic E-state index is 14.2. The standard InChI is InChI=1S/C23H20F2N4O3S/c1-12-21(13(2)29(28-12)18-7-6-15(24)10-16(18)25)22(30)27-23-26-17(11-33-23)14-5-8-19(31-3)20(9-14)32-4/h5-11H,1-4H3,(H,26,27,30). The Balaban J connectivity index is 1.59. The van der Waals surface area contributed by atoms with E-state index in [0.717, 1.165) is 17.7 Å². The van der Waals surface area contributed by atoms with Gasteiger partial charge in [-0.3, -0.25) is 10.1 Å². The van der Waals surface area contributed by atoms with Gasteiger partial charge in [-0.15, -0.1) is 11.3 Å². The minimum atomic E-state index is -0.771. The number of aromatic nitrogens is 3. The van der Waals surface area contributed by atoms with Gasteiger partial charge in [0, 0.05) is 17.0 Å². The fraction of sp³-hybridized carbons (Fsp3) is 0.174. The van der Waals surface area contributed by atoms with Gasteiger partial charge in [-0.1, -0.05) is 0 Å². The summed E-state index contributed by atoms with van der Waals surface area (Å²) in [5.74, 6) is -0.713. The number of nitrogens with zero attached hydrogens (tertiary/aromatic N) is 3. The van der Waals surface area contributed by atoms with Crippen LogP contribution in [0.2, 0.25) is 0 Å². The number of halogens is 2. The lowest BCUT2D eigenvalue weighted by Crippen LogP contribution is -2.14. The quantitative estimate of drug-likeness (QED) is 0.421. The lowest BCUT2D eigenvalue weighted by Gasteiger charge is -2.08. The van der Waals surface area contributed by atoms with Crippen molar-refractivity contribution in [2.24, 2.45) is 0 Å². The summed E-state index contributed by atoms with van der Waals surface area (Å²) in [4.78, 5) is 17.5. The Labute approximate surface area is 192 Å². The molecule has 0 saturated heterocycles. The predicted octanol–water partition coefficient (Wildman–Crippen LogP) is 5.16. The van der Waals surface area contributed by atoms with E-state index in [0.29, 0.717) is 39.3 Å². The van der Waals surface area contributed by atoms with Crippen LogP contribution in [0.4, 0.5) is 13.9 Å². The summed E-state index contributed by atoms with van der Waals surface area (Å²) in [7, 11) is 3.11. The molecule has 2 aromatic heterocycles. The monoisotopic (exact) mass is 470 g/mol. The first-order chi connectivity index (χ1) is 15.8. The second kappa shape index (κ2) is 8.99. The predicted molar refractivity (Wildman–Crippen MR) is 122 cm³/mol. The number of nitrogens with one attached hydrogen (secondary N) is 1. The highest BCUT2D eigenvalue weighted by molar-refractivity contribution is 7.14. The molecule has 10 heteroatoms. The third-order valence-corrected chi connectivity index (χ3v) is 5.82. The van der Waals surface area contributed by atoms with Crippen molar-refractivity contribution in [2.45, 2.75) is 13.8 Å². The van der Waals surface area contributed by atoms with E-state index in [1.807, 2.05) is 11.4 Å². The first-order valence-corrected chi connectivity index (χ1v) is 10.7. The Bertz CT molecular complexity index is 1350. The molecule has 4 aromatic rings. The van der Waals surface area contributed by atoms with E-state index in [1.54, 1.807) is 40.2 Å². The van der Waals surface area contributed by atoms with Crippen molar-refractivity contribution in [3.8, 4) is 28.4 Å². The first kappa shape index (κ1) is 22.4. The van der Waals surface area contributed by atoms with Crippen LogP contribution in [0.15, 0.2) is 41.8 Å². The topological polar surface area (TPSA) is 78.3 Å². The summed E-state index contributed by atoms with van der Waals surface area (Å²) in [5.41, 5.74) is 2.64. The van der Waals surface area contributed by atoms with Crippen LogP contribution in [0.3, 0.4) is 0 Å². The zero-order valence-electron chi connectivity index (χ0n) is 18.3. The molecule has 0 aliphatic rings. The minimum absolute atomic E-state index is 0.0565. The molecule has 0 spiro atoms. The van der Waals surface area contributed by atoms with Crippen LogP contribution in [-0.4, -0.2) is 34.9 Å². The van der Waals surface area contributed by atoms with Crippen molar-refractivity contribution in [1.82, 2.24) is 14.8 Å². The Morgan fingerprint density at radius 3 is 2.52 bits per heavy atom. The third-order valence-electron chi connectivity index (χ3n) is 5.06. The van der Waals surface area contributed by atoms with Gasteiger partial charge in [0.05, 0.1) is 36.9 Å². The van der Waals surface area contributed by atoms with Crippen LogP contribution >= 0.6 is 11.3 Å². The average Bonchev–Trinajstić information content (AvgIpc) is 3.37. The molecule has 2 aromatic carbocycles. The summed E-state index contributed by atoms with van der Waals surface area (Å²) >= 11 is 1.27. The molecule has 0 radical (unpaired) electrons. The van der Waals surface area contributed by atoms with E-state index in [2.05, 4.69) is 15.4 Å². The molecule has 0 fully saturated rings. The van der Waals surface area contributed by atoms with Crippen LogP contribution in [0, 0.1) is 25.5 Å². The molecule has 0 unspecified atom stereocenters. The molecule has 33 heavy (non-hydrogen) atoms. The Kier molecular flexibility index (Phi) is 6.10. The van der Waals surface area contributed by atoms with Gasteiger partial charge in [-0.05, 0) is 44.2 Å². The lowest BCUT2D eigenvalue weighted by atomic mass is 10.1. The number of aryl methyl sites for hydroxylation is 1. The molecule has 1 N–H and O–H groups in total. The van der Waals surface area contributed by atoms with Crippen molar-refractivity contribution in [3.05, 3.63) is 70.4 Å². The van der Waals surface area contributed by atoms with Crippen molar-refractivity contribution in [2.75, 3.05) is 19.5 Å². The summed E-state index contributed by atoms with van der Waals surface area (Å²) in [6, 6.07) is 8.62. The zero-order chi connectivity index (χ0) is 23.7. The van der Waals surface area contributed by atoms with E-state index < -0.39 is 17.5 Å². The van der Waals surface area contributed by atoms with Crippen LogP contribution in [-0.2, 0) is 0 Å². The van der Waals surface area contributed by atoms with E-state index >= 15 is 0 Å². The minimum Gasteiger partial charge on any atom is -0.493 e. The van der Waals surface area contributed by atoms with Crippen molar-refractivity contribution < 1.29 is 23.0 Å². The van der Waals surface area contributed by atoms with Crippen molar-refractivity contribution in [3.63, 3.8) is 0 Å².